The minimum atomic E-state index is -0.188. The minimum Gasteiger partial charge on any atom is -0.456 e. The third-order valence-corrected chi connectivity index (χ3v) is 6.53. The number of aromatic nitrogens is 3. The van der Waals surface area contributed by atoms with Gasteiger partial charge in [-0.2, -0.15) is 5.10 Å². The first-order valence-electron chi connectivity index (χ1n) is 12.5. The number of anilines is 2. The lowest BCUT2D eigenvalue weighted by Gasteiger charge is -2.23. The van der Waals surface area contributed by atoms with Crippen molar-refractivity contribution in [2.45, 2.75) is 45.6 Å². The molecule has 4 N–H and O–H groups in total. The minimum absolute atomic E-state index is 0.188. The van der Waals surface area contributed by atoms with Crippen LogP contribution in [0.25, 0.3) is 11.0 Å². The average molecular weight is 485 g/mol. The van der Waals surface area contributed by atoms with Crippen LogP contribution in [0, 0.1) is 6.92 Å². The summed E-state index contributed by atoms with van der Waals surface area (Å²) < 4.78 is 6.25. The van der Waals surface area contributed by atoms with E-state index in [0.717, 1.165) is 48.4 Å². The molecule has 0 spiro atoms. The monoisotopic (exact) mass is 484 g/mol. The Bertz CT molecular complexity index is 1370. The van der Waals surface area contributed by atoms with Gasteiger partial charge in [0.1, 0.15) is 16.9 Å². The van der Waals surface area contributed by atoms with E-state index < -0.39 is 0 Å². The second-order valence-corrected chi connectivity index (χ2v) is 9.60. The number of aryl methyl sites for hydroxylation is 1. The van der Waals surface area contributed by atoms with Gasteiger partial charge < -0.3 is 20.7 Å². The number of carbonyl (C=O) groups excluding carboxylic acids is 1. The third kappa shape index (κ3) is 5.18. The lowest BCUT2D eigenvalue weighted by atomic mass is 9.97. The van der Waals surface area contributed by atoms with E-state index in [-0.39, 0.29) is 5.91 Å². The number of pyridine rings is 1. The number of carbonyl (C=O) groups is 1. The molecule has 1 fully saturated rings. The number of amides is 1. The van der Waals surface area contributed by atoms with E-state index in [1.807, 2.05) is 30.3 Å². The van der Waals surface area contributed by atoms with Crippen LogP contribution in [0.2, 0.25) is 0 Å². The standard InChI is InChI=1S/C28H32N6O2/c1-17(2)23-10-9-20(14-18(23)3)32-28(35)19-6-4-8-22(15-19)36-24-11-13-30-26-25(24)27(34-33-26)31-21-7-5-12-29-16-21/h4,6,8-11,13-15,17,21,29H,5,7,12,16H2,1-3H3,(H,32,35)(H2,30,31,33,34). The van der Waals surface area contributed by atoms with Crippen molar-refractivity contribution in [3.8, 4) is 11.5 Å². The predicted molar refractivity (Wildman–Crippen MR) is 143 cm³/mol. The number of nitrogens with zero attached hydrogens (tertiary/aromatic N) is 2. The van der Waals surface area contributed by atoms with Crippen molar-refractivity contribution in [3.05, 3.63) is 71.4 Å². The van der Waals surface area contributed by atoms with E-state index in [1.165, 1.54) is 5.56 Å². The summed E-state index contributed by atoms with van der Waals surface area (Å²) in [7, 11) is 0. The first-order valence-corrected chi connectivity index (χ1v) is 12.5. The molecule has 5 rings (SSSR count). The normalized spacial score (nSPS) is 15.7. The van der Waals surface area contributed by atoms with Crippen molar-refractivity contribution in [3.63, 3.8) is 0 Å². The van der Waals surface area contributed by atoms with Gasteiger partial charge in [0.15, 0.2) is 11.5 Å². The Balaban J connectivity index is 1.34. The zero-order valence-electron chi connectivity index (χ0n) is 20.9. The number of H-pyrrole nitrogens is 1. The summed E-state index contributed by atoms with van der Waals surface area (Å²) >= 11 is 0. The number of aromatic amines is 1. The van der Waals surface area contributed by atoms with Gasteiger partial charge in [0.05, 0.1) is 0 Å². The zero-order chi connectivity index (χ0) is 25.1. The molecule has 2 aromatic heterocycles. The number of benzene rings is 2. The predicted octanol–water partition coefficient (Wildman–Crippen LogP) is 5.60. The number of nitrogens with one attached hydrogen (secondary N) is 4. The lowest BCUT2D eigenvalue weighted by molar-refractivity contribution is 0.102. The number of ether oxygens (including phenoxy) is 1. The molecule has 1 unspecified atom stereocenters. The van der Waals surface area contributed by atoms with Crippen LogP contribution in [0.1, 0.15) is 54.1 Å². The SMILES string of the molecule is Cc1cc(NC(=O)c2cccc(Oc3ccnc4[nH]nc(NC5CCCNC5)c34)c2)ccc1C(C)C. The molecule has 2 aromatic carbocycles. The summed E-state index contributed by atoms with van der Waals surface area (Å²) in [6.07, 6.45) is 3.88. The number of rotatable bonds is 7. The molecule has 36 heavy (non-hydrogen) atoms. The van der Waals surface area contributed by atoms with Crippen LogP contribution in [0.15, 0.2) is 54.7 Å². The van der Waals surface area contributed by atoms with E-state index in [9.17, 15) is 4.79 Å². The van der Waals surface area contributed by atoms with Gasteiger partial charge in [-0.05, 0) is 73.7 Å². The molecule has 0 saturated carbocycles. The fraction of sp³-hybridized carbons (Fsp3) is 0.321. The number of hydrogen-bond donors (Lipinski definition) is 4. The number of hydrogen-bond acceptors (Lipinski definition) is 6. The van der Waals surface area contributed by atoms with E-state index >= 15 is 0 Å². The fourth-order valence-corrected chi connectivity index (χ4v) is 4.71. The van der Waals surface area contributed by atoms with Crippen molar-refractivity contribution in [1.82, 2.24) is 20.5 Å². The Morgan fingerprint density at radius 1 is 1.17 bits per heavy atom. The molecule has 8 heteroatoms. The molecule has 0 bridgehead atoms. The summed E-state index contributed by atoms with van der Waals surface area (Å²) in [6.45, 7) is 8.33. The van der Waals surface area contributed by atoms with Crippen LogP contribution in [-0.4, -0.2) is 40.2 Å². The van der Waals surface area contributed by atoms with Gasteiger partial charge in [-0.1, -0.05) is 26.0 Å². The lowest BCUT2D eigenvalue weighted by Crippen LogP contribution is -2.38. The quantitative estimate of drug-likeness (QED) is 0.272. The molecule has 1 atom stereocenters. The topological polar surface area (TPSA) is 104 Å². The maximum Gasteiger partial charge on any atom is 0.255 e. The highest BCUT2D eigenvalue weighted by molar-refractivity contribution is 6.04. The van der Waals surface area contributed by atoms with Crippen LogP contribution in [0.4, 0.5) is 11.5 Å². The Morgan fingerprint density at radius 3 is 2.83 bits per heavy atom. The van der Waals surface area contributed by atoms with E-state index in [0.29, 0.717) is 34.7 Å². The summed E-state index contributed by atoms with van der Waals surface area (Å²) in [5.41, 5.74) is 4.38. The molecular formula is C28H32N6O2. The van der Waals surface area contributed by atoms with Gasteiger partial charge in [0, 0.05) is 36.1 Å². The summed E-state index contributed by atoms with van der Waals surface area (Å²) in [4.78, 5) is 17.4. The van der Waals surface area contributed by atoms with E-state index in [2.05, 4.69) is 58.0 Å². The molecule has 1 aliphatic rings. The van der Waals surface area contributed by atoms with Gasteiger partial charge in [0.2, 0.25) is 0 Å². The summed E-state index contributed by atoms with van der Waals surface area (Å²) in [5, 5.41) is 18.1. The summed E-state index contributed by atoms with van der Waals surface area (Å²) in [6, 6.07) is 15.3. The van der Waals surface area contributed by atoms with E-state index in [1.54, 1.807) is 18.3 Å². The van der Waals surface area contributed by atoms with Crippen LogP contribution >= 0.6 is 0 Å². The fourth-order valence-electron chi connectivity index (χ4n) is 4.71. The Morgan fingerprint density at radius 2 is 2.06 bits per heavy atom. The molecule has 1 saturated heterocycles. The molecule has 8 nitrogen and oxygen atoms in total. The molecule has 1 aliphatic heterocycles. The van der Waals surface area contributed by atoms with Crippen LogP contribution < -0.4 is 20.7 Å². The molecule has 0 aliphatic carbocycles. The Kier molecular flexibility index (Phi) is 6.86. The molecule has 3 heterocycles. The maximum atomic E-state index is 13.0. The van der Waals surface area contributed by atoms with Gasteiger partial charge in [0.25, 0.3) is 5.91 Å². The molecule has 186 valence electrons. The maximum absolute atomic E-state index is 13.0. The average Bonchev–Trinajstić information content (AvgIpc) is 3.28. The van der Waals surface area contributed by atoms with Crippen LogP contribution in [0.5, 0.6) is 11.5 Å². The van der Waals surface area contributed by atoms with Gasteiger partial charge in [-0.25, -0.2) is 4.98 Å². The van der Waals surface area contributed by atoms with Crippen molar-refractivity contribution < 1.29 is 9.53 Å². The van der Waals surface area contributed by atoms with Gasteiger partial charge in [-0.15, -0.1) is 0 Å². The van der Waals surface area contributed by atoms with Crippen molar-refractivity contribution in [2.75, 3.05) is 23.7 Å². The molecule has 1 amide bonds. The highest BCUT2D eigenvalue weighted by atomic mass is 16.5. The highest BCUT2D eigenvalue weighted by Gasteiger charge is 2.19. The molecular weight excluding hydrogens is 452 g/mol. The Hall–Kier alpha value is -3.91. The van der Waals surface area contributed by atoms with Crippen molar-refractivity contribution >= 4 is 28.4 Å². The van der Waals surface area contributed by atoms with E-state index in [4.69, 9.17) is 4.74 Å². The first kappa shape index (κ1) is 23.8. The Labute approximate surface area is 210 Å². The third-order valence-electron chi connectivity index (χ3n) is 6.53. The second-order valence-electron chi connectivity index (χ2n) is 9.60. The summed E-state index contributed by atoms with van der Waals surface area (Å²) in [5.74, 6) is 2.15. The molecule has 0 radical (unpaired) electrons. The van der Waals surface area contributed by atoms with Gasteiger partial charge in [-0.3, -0.25) is 9.89 Å². The smallest absolute Gasteiger partial charge is 0.255 e. The zero-order valence-corrected chi connectivity index (χ0v) is 20.9. The second kappa shape index (κ2) is 10.4. The first-order chi connectivity index (χ1) is 17.5. The van der Waals surface area contributed by atoms with Gasteiger partial charge >= 0.3 is 0 Å². The highest BCUT2D eigenvalue weighted by Crippen LogP contribution is 2.33. The van der Waals surface area contributed by atoms with Crippen molar-refractivity contribution in [2.24, 2.45) is 0 Å². The van der Waals surface area contributed by atoms with Crippen molar-refractivity contribution in [1.29, 1.82) is 0 Å². The van der Waals surface area contributed by atoms with Crippen LogP contribution in [0.3, 0.4) is 0 Å². The number of fused-ring (bicyclic) bond motifs is 1. The van der Waals surface area contributed by atoms with Crippen LogP contribution in [-0.2, 0) is 0 Å². The largest absolute Gasteiger partial charge is 0.456 e. The molecule has 4 aromatic rings. The number of piperidine rings is 1.